The molecule has 0 aromatic rings. The first-order chi connectivity index (χ1) is 6.33. The largest absolute Gasteiger partial charge is 0.494 e. The standard InChI is InChI=1S/C9H16O4S/c1-8(2)9(3)13-6-4-5-7-14(10,11)12/h1,3-7H2,2H3,(H,10,11,12). The van der Waals surface area contributed by atoms with Crippen LogP contribution < -0.4 is 0 Å². The van der Waals surface area contributed by atoms with Crippen LogP contribution in [0.3, 0.4) is 0 Å². The van der Waals surface area contributed by atoms with E-state index in [2.05, 4.69) is 13.2 Å². The average Bonchev–Trinajstić information content (AvgIpc) is 2.01. The van der Waals surface area contributed by atoms with Gasteiger partial charge < -0.3 is 4.74 Å². The molecular weight excluding hydrogens is 204 g/mol. The van der Waals surface area contributed by atoms with Crippen LogP contribution in [0, 0.1) is 0 Å². The predicted octanol–water partition coefficient (Wildman–Crippen LogP) is 1.76. The lowest BCUT2D eigenvalue weighted by atomic mass is 10.3. The van der Waals surface area contributed by atoms with Crippen molar-refractivity contribution in [3.05, 3.63) is 24.5 Å². The molecule has 0 radical (unpaired) electrons. The lowest BCUT2D eigenvalue weighted by molar-refractivity contribution is 0.216. The third kappa shape index (κ3) is 7.82. The third-order valence-corrected chi connectivity index (χ3v) is 2.35. The normalized spacial score (nSPS) is 11.0. The van der Waals surface area contributed by atoms with E-state index in [1.165, 1.54) is 0 Å². The fourth-order valence-corrected chi connectivity index (χ4v) is 1.27. The molecule has 0 spiro atoms. The van der Waals surface area contributed by atoms with Gasteiger partial charge in [-0.25, -0.2) is 0 Å². The summed E-state index contributed by atoms with van der Waals surface area (Å²) in [6.45, 7) is 9.41. The molecule has 0 amide bonds. The molecule has 0 fully saturated rings. The van der Waals surface area contributed by atoms with Crippen LogP contribution in [0.1, 0.15) is 19.8 Å². The molecule has 0 aromatic carbocycles. The zero-order valence-electron chi connectivity index (χ0n) is 8.32. The Morgan fingerprint density at radius 3 is 2.36 bits per heavy atom. The van der Waals surface area contributed by atoms with Gasteiger partial charge in [-0.3, -0.25) is 4.55 Å². The number of rotatable bonds is 7. The van der Waals surface area contributed by atoms with Gasteiger partial charge in [0, 0.05) is 0 Å². The molecule has 4 nitrogen and oxygen atoms in total. The minimum absolute atomic E-state index is 0.226. The maximum atomic E-state index is 10.3. The summed E-state index contributed by atoms with van der Waals surface area (Å²) in [7, 11) is -3.84. The first-order valence-corrected chi connectivity index (χ1v) is 5.86. The van der Waals surface area contributed by atoms with Gasteiger partial charge in [-0.15, -0.1) is 0 Å². The van der Waals surface area contributed by atoms with E-state index in [4.69, 9.17) is 9.29 Å². The maximum absolute atomic E-state index is 10.3. The predicted molar refractivity (Wildman–Crippen MR) is 55.6 cm³/mol. The third-order valence-electron chi connectivity index (χ3n) is 1.55. The van der Waals surface area contributed by atoms with Crippen molar-refractivity contribution in [2.75, 3.05) is 12.4 Å². The first-order valence-electron chi connectivity index (χ1n) is 4.25. The summed E-state index contributed by atoms with van der Waals surface area (Å²) in [4.78, 5) is 0. The number of hydrogen-bond donors (Lipinski definition) is 1. The molecule has 0 saturated carbocycles. The lowest BCUT2D eigenvalue weighted by Crippen LogP contribution is -2.05. The zero-order valence-corrected chi connectivity index (χ0v) is 9.14. The van der Waals surface area contributed by atoms with Crippen molar-refractivity contribution >= 4 is 10.1 Å². The second-order valence-corrected chi connectivity index (χ2v) is 4.62. The first kappa shape index (κ1) is 13.2. The summed E-state index contributed by atoms with van der Waals surface area (Å²) >= 11 is 0. The average molecular weight is 220 g/mol. The quantitative estimate of drug-likeness (QED) is 0.307. The van der Waals surface area contributed by atoms with Crippen LogP contribution in [-0.2, 0) is 14.9 Å². The molecule has 0 aromatic heterocycles. The van der Waals surface area contributed by atoms with Gasteiger partial charge >= 0.3 is 0 Å². The number of allylic oxidation sites excluding steroid dienone is 1. The molecule has 0 saturated heterocycles. The molecule has 0 aliphatic rings. The van der Waals surface area contributed by atoms with Crippen LogP contribution in [0.5, 0.6) is 0 Å². The lowest BCUT2D eigenvalue weighted by Gasteiger charge is -2.07. The van der Waals surface area contributed by atoms with E-state index in [1.54, 1.807) is 6.92 Å². The summed E-state index contributed by atoms with van der Waals surface area (Å²) in [5.74, 6) is 0.285. The SMILES string of the molecule is C=C(C)C(=C)OCCCCS(=O)(=O)O. The smallest absolute Gasteiger partial charge is 0.264 e. The van der Waals surface area contributed by atoms with Crippen molar-refractivity contribution in [1.29, 1.82) is 0 Å². The van der Waals surface area contributed by atoms with Gasteiger partial charge in [-0.2, -0.15) is 8.42 Å². The number of hydrogen-bond acceptors (Lipinski definition) is 3. The molecule has 1 N–H and O–H groups in total. The molecule has 82 valence electrons. The molecule has 0 aliphatic heterocycles. The van der Waals surface area contributed by atoms with Crippen molar-refractivity contribution in [3.63, 3.8) is 0 Å². The van der Waals surface area contributed by atoms with Gasteiger partial charge in [0.1, 0.15) is 5.76 Å². The van der Waals surface area contributed by atoms with E-state index < -0.39 is 10.1 Å². The molecule has 0 heterocycles. The molecular formula is C9H16O4S. The van der Waals surface area contributed by atoms with Crippen LogP contribution in [0.25, 0.3) is 0 Å². The van der Waals surface area contributed by atoms with Gasteiger partial charge in [0.05, 0.1) is 12.4 Å². The summed E-state index contributed by atoms with van der Waals surface area (Å²) in [6.07, 6.45) is 0.939. The Labute approximate surface area is 85.0 Å². The van der Waals surface area contributed by atoms with E-state index in [1.807, 2.05) is 0 Å². The van der Waals surface area contributed by atoms with Crippen LogP contribution in [0.4, 0.5) is 0 Å². The van der Waals surface area contributed by atoms with E-state index >= 15 is 0 Å². The van der Waals surface area contributed by atoms with E-state index in [0.29, 0.717) is 25.2 Å². The van der Waals surface area contributed by atoms with E-state index in [-0.39, 0.29) is 5.75 Å². The number of ether oxygens (including phenoxy) is 1. The van der Waals surface area contributed by atoms with Crippen molar-refractivity contribution < 1.29 is 17.7 Å². The van der Waals surface area contributed by atoms with Crippen LogP contribution in [0.15, 0.2) is 24.5 Å². The Morgan fingerprint density at radius 1 is 1.36 bits per heavy atom. The van der Waals surface area contributed by atoms with Crippen LogP contribution >= 0.6 is 0 Å². The molecule has 0 aliphatic carbocycles. The van der Waals surface area contributed by atoms with Crippen molar-refractivity contribution in [2.45, 2.75) is 19.8 Å². The summed E-state index contributed by atoms with van der Waals surface area (Å²) < 4.78 is 34.2. The van der Waals surface area contributed by atoms with Crippen molar-refractivity contribution in [1.82, 2.24) is 0 Å². The highest BCUT2D eigenvalue weighted by Gasteiger charge is 2.03. The zero-order chi connectivity index (χ0) is 11.2. The second kappa shape index (κ2) is 5.82. The molecule has 14 heavy (non-hydrogen) atoms. The van der Waals surface area contributed by atoms with E-state index in [0.717, 1.165) is 5.57 Å². The highest BCUT2D eigenvalue weighted by Crippen LogP contribution is 2.06. The molecule has 5 heteroatoms. The number of unbranched alkanes of at least 4 members (excludes halogenated alkanes) is 1. The van der Waals surface area contributed by atoms with Crippen LogP contribution in [-0.4, -0.2) is 25.3 Å². The van der Waals surface area contributed by atoms with Gasteiger partial charge in [-0.05, 0) is 25.3 Å². The minimum atomic E-state index is -3.84. The Balaban J connectivity index is 3.49. The van der Waals surface area contributed by atoms with Gasteiger partial charge in [0.25, 0.3) is 10.1 Å². The van der Waals surface area contributed by atoms with E-state index in [9.17, 15) is 8.42 Å². The Morgan fingerprint density at radius 2 is 1.93 bits per heavy atom. The van der Waals surface area contributed by atoms with Gasteiger partial charge in [0.15, 0.2) is 0 Å². The molecule has 0 atom stereocenters. The Bertz CT molecular complexity index is 303. The fourth-order valence-electron chi connectivity index (χ4n) is 0.705. The monoisotopic (exact) mass is 220 g/mol. The summed E-state index contributed by atoms with van der Waals surface area (Å²) in [5, 5.41) is 0. The molecule has 0 bridgehead atoms. The van der Waals surface area contributed by atoms with Crippen molar-refractivity contribution in [3.8, 4) is 0 Å². The van der Waals surface area contributed by atoms with Crippen molar-refractivity contribution in [2.24, 2.45) is 0 Å². The van der Waals surface area contributed by atoms with Crippen LogP contribution in [0.2, 0.25) is 0 Å². The minimum Gasteiger partial charge on any atom is -0.494 e. The maximum Gasteiger partial charge on any atom is 0.264 e. The Kier molecular flexibility index (Phi) is 5.49. The summed E-state index contributed by atoms with van der Waals surface area (Å²) in [5.41, 5.74) is 0.750. The molecule has 0 rings (SSSR count). The Hall–Kier alpha value is -0.810. The fraction of sp³-hybridized carbons (Fsp3) is 0.556. The highest BCUT2D eigenvalue weighted by molar-refractivity contribution is 7.85. The van der Waals surface area contributed by atoms with Gasteiger partial charge in [0.2, 0.25) is 0 Å². The molecule has 0 unspecified atom stereocenters. The second-order valence-electron chi connectivity index (χ2n) is 3.05. The highest BCUT2D eigenvalue weighted by atomic mass is 32.2. The summed E-state index contributed by atoms with van der Waals surface area (Å²) in [6, 6.07) is 0. The topological polar surface area (TPSA) is 63.6 Å². The van der Waals surface area contributed by atoms with Gasteiger partial charge in [-0.1, -0.05) is 13.2 Å².